The Balaban J connectivity index is 3.52. The van der Waals surface area contributed by atoms with Crippen molar-refractivity contribution in [1.82, 2.24) is 5.32 Å². The normalized spacial score (nSPS) is 11.8. The molecule has 0 unspecified atom stereocenters. The lowest BCUT2D eigenvalue weighted by Crippen LogP contribution is -2.36. The molecule has 0 spiro atoms. The molecule has 8 heteroatoms. The predicted octanol–water partition coefficient (Wildman–Crippen LogP) is -1.84. The summed E-state index contributed by atoms with van der Waals surface area (Å²) >= 11 is 1.22. The van der Waals surface area contributed by atoms with Crippen molar-refractivity contribution in [3.63, 3.8) is 0 Å². The molecular weight excluding hydrogens is 236 g/mol. The number of amides is 2. The Morgan fingerprint density at radius 1 is 1.38 bits per heavy atom. The molecule has 0 aromatic carbocycles. The number of hydrogen-bond donors (Lipinski definition) is 4. The third-order valence-electron chi connectivity index (χ3n) is 1.50. The second kappa shape index (κ2) is 7.94. The number of hydrogen-bond acceptors (Lipinski definition) is 5. The number of carbonyl (C=O) groups excluding carboxylic acids is 2. The zero-order valence-corrected chi connectivity index (χ0v) is 9.33. The minimum atomic E-state index is -1.60. The van der Waals surface area contributed by atoms with Crippen molar-refractivity contribution in [2.75, 3.05) is 18.1 Å². The van der Waals surface area contributed by atoms with Crippen molar-refractivity contribution in [3.8, 4) is 0 Å². The van der Waals surface area contributed by atoms with Gasteiger partial charge in [-0.05, 0) is 0 Å². The van der Waals surface area contributed by atoms with Crippen molar-refractivity contribution in [2.24, 2.45) is 5.73 Å². The summed E-state index contributed by atoms with van der Waals surface area (Å²) in [6.07, 6.45) is -1.45. The second-order valence-corrected chi connectivity index (χ2v) is 4.03. The fourth-order valence-corrected chi connectivity index (χ4v) is 1.40. The van der Waals surface area contributed by atoms with Crippen LogP contribution in [-0.2, 0) is 14.4 Å². The van der Waals surface area contributed by atoms with Crippen LogP contribution >= 0.6 is 11.8 Å². The largest absolute Gasteiger partial charge is 0.479 e. The Morgan fingerprint density at radius 3 is 2.50 bits per heavy atom. The molecule has 0 heterocycles. The Bertz CT molecular complexity index is 271. The zero-order valence-electron chi connectivity index (χ0n) is 8.51. The van der Waals surface area contributed by atoms with E-state index in [0.29, 0.717) is 5.75 Å². The molecule has 0 aromatic rings. The van der Waals surface area contributed by atoms with Crippen molar-refractivity contribution in [1.29, 1.82) is 0 Å². The molecule has 7 nitrogen and oxygen atoms in total. The molecule has 0 saturated carbocycles. The number of aliphatic hydroxyl groups excluding tert-OH is 1. The summed E-state index contributed by atoms with van der Waals surface area (Å²) in [6, 6.07) is 0. The maximum absolute atomic E-state index is 11.1. The van der Waals surface area contributed by atoms with Crippen LogP contribution < -0.4 is 11.1 Å². The van der Waals surface area contributed by atoms with Gasteiger partial charge in [-0.25, -0.2) is 4.79 Å². The van der Waals surface area contributed by atoms with Crippen LogP contribution in [0.5, 0.6) is 0 Å². The topological polar surface area (TPSA) is 130 Å². The van der Waals surface area contributed by atoms with Crippen LogP contribution in [0.3, 0.4) is 0 Å². The van der Waals surface area contributed by atoms with Gasteiger partial charge in [0.15, 0.2) is 6.10 Å². The van der Waals surface area contributed by atoms with Crippen LogP contribution in [-0.4, -0.2) is 52.2 Å². The van der Waals surface area contributed by atoms with E-state index in [9.17, 15) is 14.4 Å². The van der Waals surface area contributed by atoms with Gasteiger partial charge in [0.05, 0.1) is 12.3 Å². The van der Waals surface area contributed by atoms with E-state index in [0.717, 1.165) is 0 Å². The number of nitrogens with two attached hydrogens (primary N) is 1. The van der Waals surface area contributed by atoms with E-state index >= 15 is 0 Å². The van der Waals surface area contributed by atoms with Crippen molar-refractivity contribution < 1.29 is 24.6 Å². The highest BCUT2D eigenvalue weighted by molar-refractivity contribution is 7.99. The van der Waals surface area contributed by atoms with Crippen molar-refractivity contribution in [3.05, 3.63) is 0 Å². The Hall–Kier alpha value is -1.28. The van der Waals surface area contributed by atoms with Gasteiger partial charge in [0.2, 0.25) is 11.8 Å². The molecule has 0 saturated heterocycles. The lowest BCUT2D eigenvalue weighted by Gasteiger charge is -2.07. The van der Waals surface area contributed by atoms with E-state index in [1.165, 1.54) is 11.8 Å². The van der Waals surface area contributed by atoms with Gasteiger partial charge < -0.3 is 21.3 Å². The summed E-state index contributed by atoms with van der Waals surface area (Å²) in [5, 5.41) is 19.4. The minimum absolute atomic E-state index is 0.143. The van der Waals surface area contributed by atoms with Gasteiger partial charge in [0, 0.05) is 12.2 Å². The highest BCUT2D eigenvalue weighted by atomic mass is 32.2. The van der Waals surface area contributed by atoms with Crippen LogP contribution in [0.1, 0.15) is 6.42 Å². The van der Waals surface area contributed by atoms with Gasteiger partial charge in [-0.3, -0.25) is 9.59 Å². The maximum Gasteiger partial charge on any atom is 0.334 e. The van der Waals surface area contributed by atoms with Gasteiger partial charge in [0.1, 0.15) is 0 Å². The molecule has 0 aliphatic rings. The number of nitrogens with one attached hydrogen (secondary N) is 1. The molecule has 2 amide bonds. The molecule has 0 aliphatic carbocycles. The Morgan fingerprint density at radius 2 is 2.00 bits per heavy atom. The highest BCUT2D eigenvalue weighted by Gasteiger charge is 2.13. The first-order valence-corrected chi connectivity index (χ1v) is 5.62. The van der Waals surface area contributed by atoms with Crippen LogP contribution in [0.2, 0.25) is 0 Å². The molecule has 1 atom stereocenters. The number of aliphatic carboxylic acids is 1. The fraction of sp³-hybridized carbons (Fsp3) is 0.625. The molecule has 92 valence electrons. The smallest absolute Gasteiger partial charge is 0.334 e. The molecule has 0 radical (unpaired) electrons. The van der Waals surface area contributed by atoms with Crippen LogP contribution in [0.4, 0.5) is 0 Å². The summed E-state index contributed by atoms with van der Waals surface area (Å²) < 4.78 is 0. The average Bonchev–Trinajstić information content (AvgIpc) is 2.20. The lowest BCUT2D eigenvalue weighted by molar-refractivity contribution is -0.146. The minimum Gasteiger partial charge on any atom is -0.479 e. The number of thioether (sulfide) groups is 1. The van der Waals surface area contributed by atoms with Gasteiger partial charge in [-0.1, -0.05) is 0 Å². The molecule has 0 aliphatic heterocycles. The summed E-state index contributed by atoms with van der Waals surface area (Å²) in [4.78, 5) is 31.6. The Kier molecular flexibility index (Phi) is 7.31. The number of carbonyl (C=O) groups is 3. The van der Waals surface area contributed by atoms with Gasteiger partial charge in [0.25, 0.3) is 0 Å². The highest BCUT2D eigenvalue weighted by Crippen LogP contribution is 2.00. The maximum atomic E-state index is 11.1. The van der Waals surface area contributed by atoms with Gasteiger partial charge in [-0.2, -0.15) is 11.8 Å². The standard InChI is InChI=1S/C8H14N2O5S/c9-6(12)4-16-2-1-7(13)10-3-5(11)8(14)15/h5,11H,1-4H2,(H2,9,12)(H,10,13)(H,14,15)/t5-/m0/s1. The van der Waals surface area contributed by atoms with E-state index in [1.807, 2.05) is 0 Å². The molecule has 0 fully saturated rings. The first kappa shape index (κ1) is 14.7. The molecule has 0 rings (SSSR count). The number of primary amides is 1. The van der Waals surface area contributed by atoms with Crippen molar-refractivity contribution in [2.45, 2.75) is 12.5 Å². The summed E-state index contributed by atoms with van der Waals surface area (Å²) in [5.74, 6) is -1.66. The summed E-state index contributed by atoms with van der Waals surface area (Å²) in [5.41, 5.74) is 4.88. The van der Waals surface area contributed by atoms with Gasteiger partial charge >= 0.3 is 5.97 Å². The van der Waals surface area contributed by atoms with Crippen LogP contribution in [0, 0.1) is 0 Å². The number of rotatable bonds is 8. The molecule has 0 bridgehead atoms. The summed E-state index contributed by atoms with van der Waals surface area (Å²) in [7, 11) is 0. The number of carboxylic acids is 1. The van der Waals surface area contributed by atoms with E-state index in [1.54, 1.807) is 0 Å². The average molecular weight is 250 g/mol. The van der Waals surface area contributed by atoms with Crippen LogP contribution in [0.25, 0.3) is 0 Å². The zero-order chi connectivity index (χ0) is 12.6. The SMILES string of the molecule is NC(=O)CSCCC(=O)NC[C@H](O)C(=O)O. The first-order valence-electron chi connectivity index (χ1n) is 4.47. The van der Waals surface area contributed by atoms with Crippen molar-refractivity contribution >= 4 is 29.5 Å². The summed E-state index contributed by atoms with van der Waals surface area (Å²) in [6.45, 7) is -0.325. The predicted molar refractivity (Wildman–Crippen MR) is 57.8 cm³/mol. The lowest BCUT2D eigenvalue weighted by atomic mass is 10.3. The van der Waals surface area contributed by atoms with E-state index in [2.05, 4.69) is 5.32 Å². The monoisotopic (exact) mass is 250 g/mol. The van der Waals surface area contributed by atoms with E-state index < -0.39 is 18.0 Å². The number of aliphatic hydroxyl groups is 1. The van der Waals surface area contributed by atoms with E-state index in [4.69, 9.17) is 15.9 Å². The molecular formula is C8H14N2O5S. The number of carboxylic acid groups (broad SMARTS) is 1. The Labute approximate surface area is 96.4 Å². The van der Waals surface area contributed by atoms with Crippen LogP contribution in [0.15, 0.2) is 0 Å². The fourth-order valence-electron chi connectivity index (χ4n) is 0.724. The third kappa shape index (κ3) is 8.06. The molecule has 16 heavy (non-hydrogen) atoms. The van der Waals surface area contributed by atoms with Gasteiger partial charge in [-0.15, -0.1) is 0 Å². The quantitative estimate of drug-likeness (QED) is 0.374. The van der Waals surface area contributed by atoms with E-state index in [-0.39, 0.29) is 24.6 Å². The first-order chi connectivity index (χ1) is 7.43. The third-order valence-corrected chi connectivity index (χ3v) is 2.48. The molecule has 5 N–H and O–H groups in total. The second-order valence-electron chi connectivity index (χ2n) is 2.93. The molecule has 0 aromatic heterocycles.